The molecule has 4 nitrogen and oxygen atoms in total. The van der Waals surface area contributed by atoms with Gasteiger partial charge < -0.3 is 14.2 Å². The number of carbonyl (C=O) groups excluding carboxylic acids is 1. The molecule has 0 spiro atoms. The van der Waals surface area contributed by atoms with Gasteiger partial charge in [0.15, 0.2) is 11.5 Å². The van der Waals surface area contributed by atoms with Crippen molar-refractivity contribution in [2.24, 2.45) is 5.41 Å². The molecule has 23 heavy (non-hydrogen) atoms. The average molecular weight is 320 g/mol. The second kappa shape index (κ2) is 7.82. The molecule has 1 atom stereocenters. The summed E-state index contributed by atoms with van der Waals surface area (Å²) in [6, 6.07) is 6.02. The second-order valence-corrected chi connectivity index (χ2v) is 6.85. The number of benzene rings is 1. The van der Waals surface area contributed by atoms with Crippen molar-refractivity contribution in [3.05, 3.63) is 23.8 Å². The van der Waals surface area contributed by atoms with Crippen molar-refractivity contribution in [1.82, 2.24) is 0 Å². The molecule has 2 rings (SSSR count). The van der Waals surface area contributed by atoms with E-state index < -0.39 is 0 Å². The number of rotatable bonds is 7. The van der Waals surface area contributed by atoms with Crippen molar-refractivity contribution >= 4 is 5.78 Å². The first-order chi connectivity index (χ1) is 11.0. The predicted octanol–water partition coefficient (Wildman–Crippen LogP) is 3.97. The maximum Gasteiger partial charge on any atom is 0.161 e. The van der Waals surface area contributed by atoms with E-state index in [1.54, 1.807) is 14.2 Å². The van der Waals surface area contributed by atoms with Crippen LogP contribution in [0.1, 0.15) is 51.0 Å². The summed E-state index contributed by atoms with van der Waals surface area (Å²) in [4.78, 5) is 12.3. The Morgan fingerprint density at radius 1 is 1.17 bits per heavy atom. The fraction of sp³-hybridized carbons (Fsp3) is 0.632. The van der Waals surface area contributed by atoms with Crippen LogP contribution in [-0.2, 0) is 9.53 Å². The highest BCUT2D eigenvalue weighted by atomic mass is 16.5. The Labute approximate surface area is 139 Å². The molecule has 0 aromatic heterocycles. The average Bonchev–Trinajstić information content (AvgIpc) is 2.54. The molecule has 0 radical (unpaired) electrons. The molecule has 1 aromatic rings. The van der Waals surface area contributed by atoms with Crippen molar-refractivity contribution in [1.29, 1.82) is 0 Å². The van der Waals surface area contributed by atoms with Gasteiger partial charge in [0.1, 0.15) is 5.78 Å². The SMILES string of the molecule is COCCCOc1cc(C2CCC(C)(C)C(=O)C2)ccc1OC. The molecule has 4 heteroatoms. The van der Waals surface area contributed by atoms with Gasteiger partial charge in [-0.3, -0.25) is 4.79 Å². The summed E-state index contributed by atoms with van der Waals surface area (Å²) < 4.78 is 16.3. The monoisotopic (exact) mass is 320 g/mol. The first-order valence-electron chi connectivity index (χ1n) is 8.31. The van der Waals surface area contributed by atoms with E-state index >= 15 is 0 Å². The van der Waals surface area contributed by atoms with Gasteiger partial charge in [0.05, 0.1) is 13.7 Å². The van der Waals surface area contributed by atoms with Crippen LogP contribution >= 0.6 is 0 Å². The van der Waals surface area contributed by atoms with Gasteiger partial charge in [-0.1, -0.05) is 19.9 Å². The molecule has 1 unspecified atom stereocenters. The van der Waals surface area contributed by atoms with Crippen LogP contribution in [0.3, 0.4) is 0 Å². The number of hydrogen-bond acceptors (Lipinski definition) is 4. The highest BCUT2D eigenvalue weighted by molar-refractivity contribution is 5.85. The molecule has 0 aliphatic heterocycles. The third-order valence-corrected chi connectivity index (χ3v) is 4.71. The van der Waals surface area contributed by atoms with Crippen molar-refractivity contribution < 1.29 is 19.0 Å². The minimum absolute atomic E-state index is 0.178. The van der Waals surface area contributed by atoms with Crippen LogP contribution in [0.25, 0.3) is 0 Å². The lowest BCUT2D eigenvalue weighted by molar-refractivity contribution is -0.129. The second-order valence-electron chi connectivity index (χ2n) is 6.85. The number of carbonyl (C=O) groups is 1. The zero-order valence-corrected chi connectivity index (χ0v) is 14.7. The molecule has 1 fully saturated rings. The van der Waals surface area contributed by atoms with Gasteiger partial charge >= 0.3 is 0 Å². The van der Waals surface area contributed by atoms with Crippen LogP contribution in [0.5, 0.6) is 11.5 Å². The molecule has 1 aromatic carbocycles. The lowest BCUT2D eigenvalue weighted by Crippen LogP contribution is -2.31. The van der Waals surface area contributed by atoms with E-state index in [-0.39, 0.29) is 11.3 Å². The Morgan fingerprint density at radius 2 is 1.96 bits per heavy atom. The minimum atomic E-state index is -0.178. The van der Waals surface area contributed by atoms with E-state index in [4.69, 9.17) is 14.2 Å². The van der Waals surface area contributed by atoms with Gasteiger partial charge in [-0.2, -0.15) is 0 Å². The van der Waals surface area contributed by atoms with E-state index in [9.17, 15) is 4.79 Å². The van der Waals surface area contributed by atoms with Crippen LogP contribution in [-0.4, -0.2) is 33.2 Å². The number of ether oxygens (including phenoxy) is 3. The molecule has 1 aliphatic rings. The fourth-order valence-electron chi connectivity index (χ4n) is 3.01. The maximum absolute atomic E-state index is 12.3. The number of ketones is 1. The molecule has 0 bridgehead atoms. The van der Waals surface area contributed by atoms with Crippen LogP contribution < -0.4 is 9.47 Å². The fourth-order valence-corrected chi connectivity index (χ4v) is 3.01. The molecular formula is C19H28O4. The summed E-state index contributed by atoms with van der Waals surface area (Å²) in [5, 5.41) is 0. The lowest BCUT2D eigenvalue weighted by atomic mass is 9.70. The quantitative estimate of drug-likeness (QED) is 0.713. The molecule has 0 N–H and O–H groups in total. The number of hydrogen-bond donors (Lipinski definition) is 0. The van der Waals surface area contributed by atoms with Gasteiger partial charge in [-0.15, -0.1) is 0 Å². The molecule has 128 valence electrons. The summed E-state index contributed by atoms with van der Waals surface area (Å²) in [7, 11) is 3.33. The normalized spacial score (nSPS) is 20.3. The molecular weight excluding hydrogens is 292 g/mol. The molecule has 0 amide bonds. The number of Topliss-reactive ketones (excluding diaryl/α,β-unsaturated/α-hetero) is 1. The van der Waals surface area contributed by atoms with Crippen LogP contribution in [0, 0.1) is 5.41 Å². The van der Waals surface area contributed by atoms with E-state index in [1.165, 1.54) is 0 Å². The summed E-state index contributed by atoms with van der Waals surface area (Å²) in [6.45, 7) is 5.35. The highest BCUT2D eigenvalue weighted by Crippen LogP contribution is 2.42. The zero-order valence-electron chi connectivity index (χ0n) is 14.7. The number of methoxy groups -OCH3 is 2. The Kier molecular flexibility index (Phi) is 6.05. The van der Waals surface area contributed by atoms with Crippen molar-refractivity contribution in [3.8, 4) is 11.5 Å². The smallest absolute Gasteiger partial charge is 0.161 e. The van der Waals surface area contributed by atoms with E-state index in [2.05, 4.69) is 6.07 Å². The van der Waals surface area contributed by atoms with Gasteiger partial charge in [0, 0.05) is 32.0 Å². The van der Waals surface area contributed by atoms with Crippen LogP contribution in [0.4, 0.5) is 0 Å². The summed E-state index contributed by atoms with van der Waals surface area (Å²) in [5.41, 5.74) is 0.985. The minimum Gasteiger partial charge on any atom is -0.493 e. The topological polar surface area (TPSA) is 44.8 Å². The summed E-state index contributed by atoms with van der Waals surface area (Å²) >= 11 is 0. The van der Waals surface area contributed by atoms with Crippen molar-refractivity contribution in [3.63, 3.8) is 0 Å². The highest BCUT2D eigenvalue weighted by Gasteiger charge is 2.35. The third-order valence-electron chi connectivity index (χ3n) is 4.71. The van der Waals surface area contributed by atoms with Gasteiger partial charge in [0.2, 0.25) is 0 Å². The van der Waals surface area contributed by atoms with Crippen LogP contribution in [0.15, 0.2) is 18.2 Å². The Hall–Kier alpha value is -1.55. The predicted molar refractivity (Wildman–Crippen MR) is 90.4 cm³/mol. The Morgan fingerprint density at radius 3 is 2.61 bits per heavy atom. The van der Waals surface area contributed by atoms with Crippen molar-refractivity contribution in [2.75, 3.05) is 27.4 Å². The first-order valence-corrected chi connectivity index (χ1v) is 8.31. The largest absolute Gasteiger partial charge is 0.493 e. The molecule has 1 saturated carbocycles. The lowest BCUT2D eigenvalue weighted by Gasteiger charge is -2.33. The van der Waals surface area contributed by atoms with E-state index in [0.717, 1.165) is 36.3 Å². The summed E-state index contributed by atoms with van der Waals surface area (Å²) in [6.07, 6.45) is 3.42. The van der Waals surface area contributed by atoms with Crippen LogP contribution in [0.2, 0.25) is 0 Å². The Balaban J connectivity index is 2.09. The first kappa shape index (κ1) is 17.8. The Bertz CT molecular complexity index is 536. The molecule has 1 aliphatic carbocycles. The van der Waals surface area contributed by atoms with E-state index in [1.807, 2.05) is 26.0 Å². The molecule has 0 heterocycles. The molecule has 0 saturated heterocycles. The van der Waals surface area contributed by atoms with Gasteiger partial charge in [-0.25, -0.2) is 0 Å². The summed E-state index contributed by atoms with van der Waals surface area (Å²) in [5.74, 6) is 2.11. The zero-order chi connectivity index (χ0) is 16.9. The van der Waals surface area contributed by atoms with Gasteiger partial charge in [-0.05, 0) is 36.5 Å². The van der Waals surface area contributed by atoms with Crippen molar-refractivity contribution in [2.45, 2.75) is 45.4 Å². The van der Waals surface area contributed by atoms with E-state index in [0.29, 0.717) is 25.4 Å². The van der Waals surface area contributed by atoms with Gasteiger partial charge in [0.25, 0.3) is 0 Å². The maximum atomic E-state index is 12.3. The standard InChI is InChI=1S/C19H28O4/c1-19(2)9-8-15(13-18(19)20)14-6-7-16(22-4)17(12-14)23-11-5-10-21-3/h6-7,12,15H,5,8-11,13H2,1-4H3. The third kappa shape index (κ3) is 4.47.